The highest BCUT2D eigenvalue weighted by Crippen LogP contribution is 2.57. The van der Waals surface area contributed by atoms with Gasteiger partial charge in [-0.25, -0.2) is 0 Å². The average molecular weight is 273 g/mol. The fraction of sp³-hybridized carbons (Fsp3) is 0.684. The van der Waals surface area contributed by atoms with Crippen LogP contribution in [0.2, 0.25) is 0 Å². The molecule has 0 spiro atoms. The minimum atomic E-state index is 0.0329. The molecule has 112 valence electrons. The maximum absolute atomic E-state index is 2.56. The van der Waals surface area contributed by atoms with Crippen LogP contribution in [0.3, 0.4) is 0 Å². The van der Waals surface area contributed by atoms with Gasteiger partial charge in [0.2, 0.25) is 0 Å². The third-order valence-electron chi connectivity index (χ3n) is 7.03. The summed E-state index contributed by atoms with van der Waals surface area (Å²) in [5, 5.41) is 0. The van der Waals surface area contributed by atoms with E-state index < -0.39 is 0 Å². The molecule has 0 bridgehead atoms. The molecule has 1 aromatic rings. The Labute approximate surface area is 125 Å². The fourth-order valence-corrected chi connectivity index (χ4v) is 3.96. The van der Waals surface area contributed by atoms with Gasteiger partial charge in [0.25, 0.3) is 0 Å². The zero-order chi connectivity index (χ0) is 15.6. The summed E-state index contributed by atoms with van der Waals surface area (Å²) >= 11 is 0. The summed E-state index contributed by atoms with van der Waals surface area (Å²) in [6.07, 6.45) is 0. The van der Waals surface area contributed by atoms with Gasteiger partial charge in [-0.05, 0) is 56.7 Å². The Morgan fingerprint density at radius 2 is 1.20 bits per heavy atom. The van der Waals surface area contributed by atoms with Crippen LogP contribution < -0.4 is 0 Å². The first kappa shape index (κ1) is 15.6. The Kier molecular flexibility index (Phi) is 3.19. The van der Waals surface area contributed by atoms with E-state index in [-0.39, 0.29) is 21.9 Å². The number of nitrogens with zero attached hydrogens (tertiary/aromatic N) is 1. The predicted molar refractivity (Wildman–Crippen MR) is 88.1 cm³/mol. The molecule has 0 amide bonds. The van der Waals surface area contributed by atoms with Crippen LogP contribution in [0.1, 0.15) is 66.5 Å². The fourth-order valence-electron chi connectivity index (χ4n) is 3.96. The number of hydrogen-bond donors (Lipinski definition) is 0. The molecule has 1 heteroatoms. The molecule has 0 saturated heterocycles. The Morgan fingerprint density at radius 3 is 1.70 bits per heavy atom. The smallest absolute Gasteiger partial charge is 0.0409 e. The summed E-state index contributed by atoms with van der Waals surface area (Å²) in [6.45, 7) is 19.1. The highest BCUT2D eigenvalue weighted by Gasteiger charge is 2.56. The van der Waals surface area contributed by atoms with Gasteiger partial charge < -0.3 is 0 Å². The van der Waals surface area contributed by atoms with Gasteiger partial charge in [-0.15, -0.1) is 0 Å². The molecular formula is C19H31N. The van der Waals surface area contributed by atoms with Crippen LogP contribution in [-0.2, 0) is 11.0 Å². The molecule has 1 nitrogen and oxygen atoms in total. The molecule has 0 fully saturated rings. The molecule has 0 aliphatic carbocycles. The monoisotopic (exact) mass is 273 g/mol. The highest BCUT2D eigenvalue weighted by atomic mass is 15.2. The Hall–Kier alpha value is -0.820. The molecule has 0 radical (unpaired) electrons. The summed E-state index contributed by atoms with van der Waals surface area (Å²) in [4.78, 5) is 2.56. The van der Waals surface area contributed by atoms with E-state index in [4.69, 9.17) is 0 Å². The topological polar surface area (TPSA) is 3.24 Å². The average Bonchev–Trinajstić information content (AvgIpc) is 2.38. The van der Waals surface area contributed by atoms with Crippen LogP contribution >= 0.6 is 0 Å². The van der Waals surface area contributed by atoms with Crippen LogP contribution in [0.5, 0.6) is 0 Å². The molecule has 2 rings (SSSR count). The predicted octanol–water partition coefficient (Wildman–Crippen LogP) is 4.95. The lowest BCUT2D eigenvalue weighted by Crippen LogP contribution is -2.60. The second-order valence-corrected chi connectivity index (χ2v) is 8.47. The van der Waals surface area contributed by atoms with Gasteiger partial charge in [0.05, 0.1) is 0 Å². The molecule has 1 aliphatic rings. The summed E-state index contributed by atoms with van der Waals surface area (Å²) in [6, 6.07) is 9.00. The summed E-state index contributed by atoms with van der Waals surface area (Å²) in [5.41, 5.74) is 3.36. The van der Waals surface area contributed by atoms with Gasteiger partial charge in [0, 0.05) is 11.1 Å². The number of fused-ring (bicyclic) bond motifs is 1. The summed E-state index contributed by atoms with van der Waals surface area (Å²) in [5.74, 6) is 0. The second-order valence-electron chi connectivity index (χ2n) is 8.47. The third kappa shape index (κ3) is 1.65. The standard InChI is InChI=1S/C19H31N/c1-16(2)14-12-10-11-13-15(14)17(3,4)20(9)19(7,8)18(16,5)6/h10-13H,1-9H3. The van der Waals surface area contributed by atoms with Gasteiger partial charge >= 0.3 is 0 Å². The van der Waals surface area contributed by atoms with E-state index in [1.165, 1.54) is 11.1 Å². The largest absolute Gasteiger partial charge is 0.291 e. The molecule has 0 saturated carbocycles. The van der Waals surface area contributed by atoms with E-state index in [9.17, 15) is 0 Å². The molecule has 1 heterocycles. The van der Waals surface area contributed by atoms with Crippen molar-refractivity contribution in [3.8, 4) is 0 Å². The van der Waals surface area contributed by atoms with Crippen LogP contribution in [0.25, 0.3) is 0 Å². The van der Waals surface area contributed by atoms with Crippen LogP contribution in [0, 0.1) is 5.41 Å². The molecule has 20 heavy (non-hydrogen) atoms. The zero-order valence-electron chi connectivity index (χ0n) is 14.8. The molecule has 1 aliphatic heterocycles. The molecule has 0 atom stereocenters. The van der Waals surface area contributed by atoms with Crippen molar-refractivity contribution in [3.63, 3.8) is 0 Å². The maximum Gasteiger partial charge on any atom is 0.0409 e. The minimum Gasteiger partial charge on any atom is -0.291 e. The van der Waals surface area contributed by atoms with Crippen molar-refractivity contribution in [2.75, 3.05) is 7.05 Å². The van der Waals surface area contributed by atoms with E-state index >= 15 is 0 Å². The molecule has 0 N–H and O–H groups in total. The van der Waals surface area contributed by atoms with Crippen molar-refractivity contribution in [2.24, 2.45) is 5.41 Å². The van der Waals surface area contributed by atoms with E-state index in [0.717, 1.165) is 0 Å². The van der Waals surface area contributed by atoms with Crippen LogP contribution in [0.15, 0.2) is 24.3 Å². The van der Waals surface area contributed by atoms with Crippen molar-refractivity contribution in [1.82, 2.24) is 4.90 Å². The first-order valence-corrected chi connectivity index (χ1v) is 7.72. The molecule has 1 aromatic carbocycles. The molecular weight excluding hydrogens is 242 g/mol. The number of rotatable bonds is 0. The van der Waals surface area contributed by atoms with Crippen LogP contribution in [-0.4, -0.2) is 17.5 Å². The Bertz CT molecular complexity index is 520. The van der Waals surface area contributed by atoms with E-state index in [1.54, 1.807) is 0 Å². The number of benzene rings is 1. The number of hydrogen-bond acceptors (Lipinski definition) is 1. The van der Waals surface area contributed by atoms with E-state index in [1.807, 2.05) is 0 Å². The van der Waals surface area contributed by atoms with E-state index in [2.05, 4.69) is 91.6 Å². The van der Waals surface area contributed by atoms with Crippen molar-refractivity contribution < 1.29 is 0 Å². The van der Waals surface area contributed by atoms with Crippen molar-refractivity contribution >= 4 is 0 Å². The molecule has 0 unspecified atom stereocenters. The zero-order valence-corrected chi connectivity index (χ0v) is 14.8. The first-order valence-electron chi connectivity index (χ1n) is 7.72. The van der Waals surface area contributed by atoms with Gasteiger partial charge in [0.1, 0.15) is 0 Å². The quantitative estimate of drug-likeness (QED) is 0.646. The Balaban J connectivity index is 2.88. The van der Waals surface area contributed by atoms with Gasteiger partial charge in [-0.3, -0.25) is 4.90 Å². The lowest BCUT2D eigenvalue weighted by molar-refractivity contribution is -0.0554. The first-order chi connectivity index (χ1) is 8.88. The van der Waals surface area contributed by atoms with Gasteiger partial charge in [-0.2, -0.15) is 0 Å². The Morgan fingerprint density at radius 1 is 0.750 bits per heavy atom. The summed E-state index contributed by atoms with van der Waals surface area (Å²) < 4.78 is 0. The highest BCUT2D eigenvalue weighted by molar-refractivity contribution is 5.42. The maximum atomic E-state index is 2.56. The summed E-state index contributed by atoms with van der Waals surface area (Å²) in [7, 11) is 2.28. The van der Waals surface area contributed by atoms with Crippen molar-refractivity contribution in [2.45, 2.75) is 71.9 Å². The lowest BCUT2D eigenvalue weighted by atomic mass is 9.56. The normalized spacial score (nSPS) is 26.6. The van der Waals surface area contributed by atoms with Gasteiger partial charge in [-0.1, -0.05) is 52.0 Å². The van der Waals surface area contributed by atoms with Crippen LogP contribution in [0.4, 0.5) is 0 Å². The van der Waals surface area contributed by atoms with Gasteiger partial charge in [0.15, 0.2) is 0 Å². The van der Waals surface area contributed by atoms with E-state index in [0.29, 0.717) is 0 Å². The van der Waals surface area contributed by atoms with Crippen molar-refractivity contribution in [1.29, 1.82) is 0 Å². The third-order valence-corrected chi connectivity index (χ3v) is 7.03. The van der Waals surface area contributed by atoms with Crippen molar-refractivity contribution in [3.05, 3.63) is 35.4 Å². The second kappa shape index (κ2) is 4.10. The minimum absolute atomic E-state index is 0.0329. The SMILES string of the molecule is CN1C(C)(C)c2ccccc2C(C)(C)C(C)(C)C1(C)C. The molecule has 0 aromatic heterocycles. The lowest BCUT2D eigenvalue weighted by Gasteiger charge is -2.56.